The van der Waals surface area contributed by atoms with E-state index in [0.717, 1.165) is 24.3 Å². The van der Waals surface area contributed by atoms with E-state index in [2.05, 4.69) is 10.4 Å². The SMILES string of the molecule is CCOc1ccc(/C=N/NC(=O)C(=O)Nc2ccc(C(F)(F)F)cc2)cc1. The second kappa shape index (κ2) is 8.84. The summed E-state index contributed by atoms with van der Waals surface area (Å²) in [5.41, 5.74) is 1.90. The van der Waals surface area contributed by atoms with Gasteiger partial charge in [-0.15, -0.1) is 0 Å². The number of amides is 2. The molecule has 0 heterocycles. The molecule has 2 aromatic carbocycles. The van der Waals surface area contributed by atoms with E-state index in [9.17, 15) is 22.8 Å². The van der Waals surface area contributed by atoms with Gasteiger partial charge in [0.15, 0.2) is 0 Å². The molecule has 0 aliphatic carbocycles. The lowest BCUT2D eigenvalue weighted by Crippen LogP contribution is -2.32. The first-order chi connectivity index (χ1) is 12.8. The Balaban J connectivity index is 1.87. The van der Waals surface area contributed by atoms with Crippen molar-refractivity contribution in [1.82, 2.24) is 5.43 Å². The van der Waals surface area contributed by atoms with Gasteiger partial charge in [0.1, 0.15) is 5.75 Å². The molecule has 0 spiro atoms. The summed E-state index contributed by atoms with van der Waals surface area (Å²) in [5, 5.41) is 5.83. The highest BCUT2D eigenvalue weighted by molar-refractivity contribution is 6.39. The van der Waals surface area contributed by atoms with Crippen LogP contribution in [0.4, 0.5) is 18.9 Å². The third-order valence-electron chi connectivity index (χ3n) is 3.25. The number of nitrogens with one attached hydrogen (secondary N) is 2. The van der Waals surface area contributed by atoms with E-state index in [4.69, 9.17) is 4.74 Å². The van der Waals surface area contributed by atoms with Crippen LogP contribution in [0.1, 0.15) is 18.1 Å². The second-order valence-electron chi connectivity index (χ2n) is 5.23. The third kappa shape index (κ3) is 6.14. The van der Waals surface area contributed by atoms with Crippen molar-refractivity contribution in [3.8, 4) is 5.75 Å². The molecule has 0 fully saturated rings. The van der Waals surface area contributed by atoms with Crippen LogP contribution in [-0.2, 0) is 15.8 Å². The van der Waals surface area contributed by atoms with Gasteiger partial charge in [0, 0.05) is 5.69 Å². The van der Waals surface area contributed by atoms with E-state index in [1.54, 1.807) is 24.3 Å². The molecule has 9 heteroatoms. The van der Waals surface area contributed by atoms with Crippen molar-refractivity contribution >= 4 is 23.7 Å². The number of hydrazone groups is 1. The van der Waals surface area contributed by atoms with Crippen LogP contribution < -0.4 is 15.5 Å². The number of rotatable bonds is 5. The number of halogens is 3. The van der Waals surface area contributed by atoms with Crippen LogP contribution in [0.2, 0.25) is 0 Å². The van der Waals surface area contributed by atoms with Crippen molar-refractivity contribution in [2.75, 3.05) is 11.9 Å². The molecule has 0 aliphatic heterocycles. The summed E-state index contributed by atoms with van der Waals surface area (Å²) < 4.78 is 42.7. The fourth-order valence-corrected chi connectivity index (χ4v) is 1.96. The minimum Gasteiger partial charge on any atom is -0.494 e. The standard InChI is InChI=1S/C18H16F3N3O3/c1-2-27-15-9-3-12(4-10-15)11-22-24-17(26)16(25)23-14-7-5-13(6-8-14)18(19,20)21/h3-11H,2H2,1H3,(H,23,25)(H,24,26)/b22-11+. The Bertz CT molecular complexity index is 816. The number of carbonyl (C=O) groups is 2. The van der Waals surface area contributed by atoms with E-state index < -0.39 is 23.6 Å². The monoisotopic (exact) mass is 379 g/mol. The molecule has 2 rings (SSSR count). The van der Waals surface area contributed by atoms with Gasteiger partial charge in [-0.2, -0.15) is 18.3 Å². The van der Waals surface area contributed by atoms with Gasteiger partial charge < -0.3 is 10.1 Å². The lowest BCUT2D eigenvalue weighted by atomic mass is 10.2. The highest BCUT2D eigenvalue weighted by Gasteiger charge is 2.30. The number of hydrogen-bond acceptors (Lipinski definition) is 4. The molecule has 6 nitrogen and oxygen atoms in total. The maximum atomic E-state index is 12.5. The average Bonchev–Trinajstić information content (AvgIpc) is 2.63. The molecule has 2 N–H and O–H groups in total. The van der Waals surface area contributed by atoms with E-state index in [1.165, 1.54) is 6.21 Å². The number of ether oxygens (including phenoxy) is 1. The summed E-state index contributed by atoms with van der Waals surface area (Å²) in [6.45, 7) is 2.40. The zero-order valence-electron chi connectivity index (χ0n) is 14.2. The average molecular weight is 379 g/mol. The molecule has 2 aromatic rings. The molecule has 27 heavy (non-hydrogen) atoms. The highest BCUT2D eigenvalue weighted by Crippen LogP contribution is 2.29. The van der Waals surface area contributed by atoms with Gasteiger partial charge in [0.25, 0.3) is 0 Å². The normalized spacial score (nSPS) is 11.3. The zero-order chi connectivity index (χ0) is 19.9. The van der Waals surface area contributed by atoms with Crippen molar-refractivity contribution in [3.63, 3.8) is 0 Å². The maximum Gasteiger partial charge on any atom is 0.416 e. The molecule has 0 aromatic heterocycles. The molecule has 2 amide bonds. The lowest BCUT2D eigenvalue weighted by molar-refractivity contribution is -0.137. The fraction of sp³-hybridized carbons (Fsp3) is 0.167. The molecule has 0 unspecified atom stereocenters. The molecule has 0 radical (unpaired) electrons. The molecule has 0 aliphatic rings. The van der Waals surface area contributed by atoms with Gasteiger partial charge in [0.05, 0.1) is 18.4 Å². The van der Waals surface area contributed by atoms with Crippen LogP contribution in [0.3, 0.4) is 0 Å². The molecular weight excluding hydrogens is 363 g/mol. The smallest absolute Gasteiger partial charge is 0.416 e. The summed E-state index contributed by atoms with van der Waals surface area (Å²) in [4.78, 5) is 23.4. The Labute approximate surface area is 153 Å². The van der Waals surface area contributed by atoms with E-state index in [1.807, 2.05) is 12.3 Å². The molecular formula is C18H16F3N3O3. The predicted octanol–water partition coefficient (Wildman–Crippen LogP) is 3.19. The van der Waals surface area contributed by atoms with E-state index in [-0.39, 0.29) is 5.69 Å². The maximum absolute atomic E-state index is 12.5. The first kappa shape index (κ1) is 20.0. The molecule has 0 atom stereocenters. The Kier molecular flexibility index (Phi) is 6.53. The van der Waals surface area contributed by atoms with Gasteiger partial charge in [-0.3, -0.25) is 9.59 Å². The highest BCUT2D eigenvalue weighted by atomic mass is 19.4. The summed E-state index contributed by atoms with van der Waals surface area (Å²) >= 11 is 0. The van der Waals surface area contributed by atoms with Gasteiger partial charge in [0.2, 0.25) is 0 Å². The predicted molar refractivity (Wildman–Crippen MR) is 93.4 cm³/mol. The van der Waals surface area contributed by atoms with Crippen LogP contribution >= 0.6 is 0 Å². The largest absolute Gasteiger partial charge is 0.494 e. The van der Waals surface area contributed by atoms with Crippen LogP contribution in [-0.4, -0.2) is 24.6 Å². The Morgan fingerprint density at radius 1 is 1.04 bits per heavy atom. The minimum absolute atomic E-state index is 0.0543. The summed E-state index contributed by atoms with van der Waals surface area (Å²) in [7, 11) is 0. The van der Waals surface area contributed by atoms with Gasteiger partial charge in [-0.1, -0.05) is 0 Å². The molecule has 0 bridgehead atoms. The van der Waals surface area contributed by atoms with Crippen molar-refractivity contribution in [2.24, 2.45) is 5.10 Å². The van der Waals surface area contributed by atoms with Crippen LogP contribution in [0.5, 0.6) is 5.75 Å². The van der Waals surface area contributed by atoms with E-state index in [0.29, 0.717) is 17.9 Å². The van der Waals surface area contributed by atoms with Gasteiger partial charge in [-0.05, 0) is 61.0 Å². The molecule has 0 saturated carbocycles. The van der Waals surface area contributed by atoms with Gasteiger partial charge in [-0.25, -0.2) is 5.43 Å². The van der Waals surface area contributed by atoms with Crippen molar-refractivity contribution in [3.05, 3.63) is 59.7 Å². The lowest BCUT2D eigenvalue weighted by Gasteiger charge is -2.08. The van der Waals surface area contributed by atoms with Crippen molar-refractivity contribution in [2.45, 2.75) is 13.1 Å². The Hall–Kier alpha value is -3.36. The number of anilines is 1. The number of nitrogens with zero attached hydrogens (tertiary/aromatic N) is 1. The fourth-order valence-electron chi connectivity index (χ4n) is 1.96. The number of alkyl halides is 3. The Morgan fingerprint density at radius 3 is 2.22 bits per heavy atom. The molecule has 142 valence electrons. The van der Waals surface area contributed by atoms with Crippen LogP contribution in [0.25, 0.3) is 0 Å². The Morgan fingerprint density at radius 2 is 1.67 bits per heavy atom. The summed E-state index contributed by atoms with van der Waals surface area (Å²) in [6, 6.07) is 10.6. The number of carbonyl (C=O) groups excluding carboxylic acids is 2. The first-order valence-electron chi connectivity index (χ1n) is 7.84. The first-order valence-corrected chi connectivity index (χ1v) is 7.84. The summed E-state index contributed by atoms with van der Waals surface area (Å²) in [6.07, 6.45) is -3.14. The van der Waals surface area contributed by atoms with Gasteiger partial charge >= 0.3 is 18.0 Å². The van der Waals surface area contributed by atoms with Crippen LogP contribution in [0.15, 0.2) is 53.6 Å². The zero-order valence-corrected chi connectivity index (χ0v) is 14.2. The van der Waals surface area contributed by atoms with Crippen molar-refractivity contribution in [1.29, 1.82) is 0 Å². The summed E-state index contributed by atoms with van der Waals surface area (Å²) in [5.74, 6) is -1.43. The van der Waals surface area contributed by atoms with Crippen LogP contribution in [0, 0.1) is 0 Å². The number of benzene rings is 2. The minimum atomic E-state index is -4.48. The topological polar surface area (TPSA) is 79.8 Å². The quantitative estimate of drug-likeness (QED) is 0.476. The van der Waals surface area contributed by atoms with Crippen molar-refractivity contribution < 1.29 is 27.5 Å². The second-order valence-corrected chi connectivity index (χ2v) is 5.23. The molecule has 0 saturated heterocycles. The van der Waals surface area contributed by atoms with E-state index >= 15 is 0 Å². The number of hydrogen-bond donors (Lipinski definition) is 2. The third-order valence-corrected chi connectivity index (χ3v) is 3.25.